The van der Waals surface area contributed by atoms with E-state index in [0.29, 0.717) is 17.6 Å². The van der Waals surface area contributed by atoms with Crippen LogP contribution in [0.1, 0.15) is 12.5 Å². The number of anilines is 1. The summed E-state index contributed by atoms with van der Waals surface area (Å²) in [5.41, 5.74) is 1.63. The highest BCUT2D eigenvalue weighted by Crippen LogP contribution is 2.24. The average molecular weight is 326 g/mol. The fraction of sp³-hybridized carbons (Fsp3) is 0.200. The van der Waals surface area contributed by atoms with Crippen molar-refractivity contribution in [3.05, 3.63) is 64.1 Å². The van der Waals surface area contributed by atoms with Crippen LogP contribution in [0, 0.1) is 11.6 Å². The van der Waals surface area contributed by atoms with Crippen molar-refractivity contribution >= 4 is 21.6 Å². The lowest BCUT2D eigenvalue weighted by Gasteiger charge is -2.24. The molecule has 0 fully saturated rings. The van der Waals surface area contributed by atoms with Gasteiger partial charge in [0.05, 0.1) is 4.47 Å². The van der Waals surface area contributed by atoms with E-state index in [1.54, 1.807) is 12.1 Å². The van der Waals surface area contributed by atoms with Gasteiger partial charge in [0, 0.05) is 18.8 Å². The van der Waals surface area contributed by atoms with E-state index in [-0.39, 0.29) is 11.6 Å². The zero-order valence-electron chi connectivity index (χ0n) is 10.5. The zero-order valence-corrected chi connectivity index (χ0v) is 12.1. The van der Waals surface area contributed by atoms with Crippen molar-refractivity contribution in [3.8, 4) is 0 Å². The fourth-order valence-electron chi connectivity index (χ4n) is 1.93. The van der Waals surface area contributed by atoms with Gasteiger partial charge in [-0.25, -0.2) is 8.78 Å². The molecule has 100 valence electrons. The van der Waals surface area contributed by atoms with Gasteiger partial charge in [0.25, 0.3) is 0 Å². The summed E-state index contributed by atoms with van der Waals surface area (Å²) in [5, 5.41) is 0. The van der Waals surface area contributed by atoms with Crippen LogP contribution in [0.15, 0.2) is 46.9 Å². The molecule has 0 radical (unpaired) electrons. The molecule has 0 bridgehead atoms. The summed E-state index contributed by atoms with van der Waals surface area (Å²) in [5.74, 6) is -0.554. The van der Waals surface area contributed by atoms with Crippen LogP contribution in [0.2, 0.25) is 0 Å². The van der Waals surface area contributed by atoms with E-state index < -0.39 is 0 Å². The molecule has 2 aromatic carbocycles. The number of halogens is 3. The molecule has 0 heterocycles. The molecular formula is C15H14BrF2N. The zero-order chi connectivity index (χ0) is 13.8. The first-order chi connectivity index (χ1) is 9.11. The second kappa shape index (κ2) is 6.15. The van der Waals surface area contributed by atoms with Crippen LogP contribution in [-0.2, 0) is 6.54 Å². The average Bonchev–Trinajstić information content (AvgIpc) is 2.40. The molecule has 0 aliphatic rings. The summed E-state index contributed by atoms with van der Waals surface area (Å²) < 4.78 is 27.2. The van der Waals surface area contributed by atoms with E-state index in [1.807, 2.05) is 24.0 Å². The molecule has 0 unspecified atom stereocenters. The topological polar surface area (TPSA) is 3.24 Å². The quantitative estimate of drug-likeness (QED) is 0.783. The van der Waals surface area contributed by atoms with Crippen molar-refractivity contribution in [1.29, 1.82) is 0 Å². The molecule has 0 N–H and O–H groups in total. The minimum atomic E-state index is -0.284. The monoisotopic (exact) mass is 325 g/mol. The lowest BCUT2D eigenvalue weighted by molar-refractivity contribution is 0.616. The molecule has 0 spiro atoms. The summed E-state index contributed by atoms with van der Waals surface area (Å²) in [6, 6.07) is 11.4. The standard InChI is InChI=1S/C15H14BrF2N/c1-2-19(13-7-4-6-12(17)9-13)10-11-5-3-8-14(18)15(11)16/h3-9H,2,10H2,1H3. The Morgan fingerprint density at radius 1 is 1.11 bits per heavy atom. The predicted molar refractivity (Wildman–Crippen MR) is 77.2 cm³/mol. The van der Waals surface area contributed by atoms with Gasteiger partial charge >= 0.3 is 0 Å². The first kappa shape index (κ1) is 14.0. The second-order valence-corrected chi connectivity index (χ2v) is 5.00. The van der Waals surface area contributed by atoms with E-state index in [9.17, 15) is 8.78 Å². The first-order valence-electron chi connectivity index (χ1n) is 6.05. The van der Waals surface area contributed by atoms with Gasteiger partial charge in [-0.2, -0.15) is 0 Å². The molecule has 4 heteroatoms. The summed E-state index contributed by atoms with van der Waals surface area (Å²) in [4.78, 5) is 1.99. The second-order valence-electron chi connectivity index (χ2n) is 4.21. The number of nitrogens with zero attached hydrogens (tertiary/aromatic N) is 1. The molecule has 0 atom stereocenters. The van der Waals surface area contributed by atoms with Gasteiger partial charge in [-0.1, -0.05) is 18.2 Å². The van der Waals surface area contributed by atoms with Crippen LogP contribution in [-0.4, -0.2) is 6.54 Å². The third kappa shape index (κ3) is 3.32. The maximum atomic E-state index is 13.5. The Morgan fingerprint density at radius 2 is 1.84 bits per heavy atom. The molecular weight excluding hydrogens is 312 g/mol. The van der Waals surface area contributed by atoms with Crippen molar-refractivity contribution in [2.24, 2.45) is 0 Å². The Morgan fingerprint density at radius 3 is 2.53 bits per heavy atom. The minimum absolute atomic E-state index is 0.269. The molecule has 0 saturated heterocycles. The third-order valence-corrected chi connectivity index (χ3v) is 3.84. The molecule has 0 aliphatic heterocycles. The molecule has 19 heavy (non-hydrogen) atoms. The fourth-order valence-corrected chi connectivity index (χ4v) is 2.32. The molecule has 2 aromatic rings. The van der Waals surface area contributed by atoms with Crippen molar-refractivity contribution in [1.82, 2.24) is 0 Å². The summed E-state index contributed by atoms with van der Waals surface area (Å²) in [6.07, 6.45) is 0. The van der Waals surface area contributed by atoms with Gasteiger partial charge in [-0.3, -0.25) is 0 Å². The van der Waals surface area contributed by atoms with Crippen LogP contribution in [0.4, 0.5) is 14.5 Å². The number of hydrogen-bond acceptors (Lipinski definition) is 1. The first-order valence-corrected chi connectivity index (χ1v) is 6.84. The lowest BCUT2D eigenvalue weighted by Crippen LogP contribution is -2.22. The van der Waals surface area contributed by atoms with E-state index in [2.05, 4.69) is 15.9 Å². The van der Waals surface area contributed by atoms with E-state index in [4.69, 9.17) is 0 Å². The van der Waals surface area contributed by atoms with Crippen LogP contribution >= 0.6 is 15.9 Å². The Balaban J connectivity index is 2.26. The lowest BCUT2D eigenvalue weighted by atomic mass is 10.2. The number of benzene rings is 2. The number of rotatable bonds is 4. The Hall–Kier alpha value is -1.42. The van der Waals surface area contributed by atoms with Crippen LogP contribution in [0.25, 0.3) is 0 Å². The highest BCUT2D eigenvalue weighted by Gasteiger charge is 2.10. The van der Waals surface area contributed by atoms with Crippen LogP contribution in [0.3, 0.4) is 0 Å². The maximum absolute atomic E-state index is 13.5. The molecule has 2 rings (SSSR count). The highest BCUT2D eigenvalue weighted by molar-refractivity contribution is 9.10. The van der Waals surface area contributed by atoms with Crippen LogP contribution < -0.4 is 4.90 Å². The maximum Gasteiger partial charge on any atom is 0.137 e. The van der Waals surface area contributed by atoms with E-state index >= 15 is 0 Å². The third-order valence-electron chi connectivity index (χ3n) is 2.95. The highest BCUT2D eigenvalue weighted by atomic mass is 79.9. The van der Waals surface area contributed by atoms with Gasteiger partial charge in [0.15, 0.2) is 0 Å². The van der Waals surface area contributed by atoms with Crippen molar-refractivity contribution in [3.63, 3.8) is 0 Å². The molecule has 1 nitrogen and oxygen atoms in total. The SMILES string of the molecule is CCN(Cc1cccc(F)c1Br)c1cccc(F)c1. The van der Waals surface area contributed by atoms with Crippen molar-refractivity contribution in [2.45, 2.75) is 13.5 Å². The van der Waals surface area contributed by atoms with Gasteiger partial charge in [-0.05, 0) is 52.7 Å². The molecule has 0 aliphatic carbocycles. The predicted octanol–water partition coefficient (Wildman–Crippen LogP) is 4.75. The number of hydrogen-bond donors (Lipinski definition) is 0. The largest absolute Gasteiger partial charge is 0.367 e. The normalized spacial score (nSPS) is 10.5. The Bertz CT molecular complexity index is 572. The van der Waals surface area contributed by atoms with Crippen molar-refractivity contribution in [2.75, 3.05) is 11.4 Å². The molecule has 0 saturated carbocycles. The Labute approximate surface area is 120 Å². The molecule has 0 aromatic heterocycles. The smallest absolute Gasteiger partial charge is 0.137 e. The van der Waals surface area contributed by atoms with Crippen LogP contribution in [0.5, 0.6) is 0 Å². The van der Waals surface area contributed by atoms with E-state index in [0.717, 1.165) is 11.3 Å². The Kier molecular flexibility index (Phi) is 4.53. The summed E-state index contributed by atoms with van der Waals surface area (Å²) >= 11 is 3.25. The van der Waals surface area contributed by atoms with Gasteiger partial charge in [-0.15, -0.1) is 0 Å². The molecule has 0 amide bonds. The van der Waals surface area contributed by atoms with Gasteiger partial charge in [0.2, 0.25) is 0 Å². The van der Waals surface area contributed by atoms with Crippen molar-refractivity contribution < 1.29 is 8.78 Å². The van der Waals surface area contributed by atoms with E-state index in [1.165, 1.54) is 18.2 Å². The van der Waals surface area contributed by atoms with Gasteiger partial charge in [0.1, 0.15) is 11.6 Å². The summed E-state index contributed by atoms with van der Waals surface area (Å²) in [6.45, 7) is 3.23. The van der Waals surface area contributed by atoms with Gasteiger partial charge < -0.3 is 4.90 Å². The summed E-state index contributed by atoms with van der Waals surface area (Å²) in [7, 11) is 0. The minimum Gasteiger partial charge on any atom is -0.367 e.